The van der Waals surface area contributed by atoms with Crippen LogP contribution in [0.15, 0.2) is 40.8 Å². The standard InChI is InChI=1S/C19H24N2O4/c1-12(2)14-7-5-6-8-15(14)21-18(23)17(22)20-11-19(4,24)16-10-9-13(3)25-16/h5-10,12,24H,11H2,1-4H3,(H,20,22)(H,21,23). The predicted octanol–water partition coefficient (Wildman–Crippen LogP) is 2.67. The van der Waals surface area contributed by atoms with Crippen LogP contribution in [0.4, 0.5) is 5.69 Å². The van der Waals surface area contributed by atoms with E-state index in [-0.39, 0.29) is 12.5 Å². The second-order valence-electron chi connectivity index (χ2n) is 6.56. The molecule has 25 heavy (non-hydrogen) atoms. The summed E-state index contributed by atoms with van der Waals surface area (Å²) in [7, 11) is 0. The molecule has 0 aliphatic rings. The van der Waals surface area contributed by atoms with E-state index in [0.29, 0.717) is 17.2 Å². The molecule has 1 aromatic carbocycles. The highest BCUT2D eigenvalue weighted by Gasteiger charge is 2.28. The summed E-state index contributed by atoms with van der Waals surface area (Å²) in [5.41, 5.74) is 0.146. The molecule has 0 saturated carbocycles. The zero-order chi connectivity index (χ0) is 18.6. The van der Waals surface area contributed by atoms with Crippen molar-refractivity contribution in [2.45, 2.75) is 39.2 Å². The van der Waals surface area contributed by atoms with Crippen LogP contribution in [0.3, 0.4) is 0 Å². The van der Waals surface area contributed by atoms with Crippen molar-refractivity contribution in [2.75, 3.05) is 11.9 Å². The molecule has 3 N–H and O–H groups in total. The average molecular weight is 344 g/mol. The predicted molar refractivity (Wildman–Crippen MR) is 95.2 cm³/mol. The van der Waals surface area contributed by atoms with Gasteiger partial charge in [-0.15, -0.1) is 0 Å². The van der Waals surface area contributed by atoms with Crippen LogP contribution in [0.25, 0.3) is 0 Å². The lowest BCUT2D eigenvalue weighted by Crippen LogP contribution is -2.43. The number of aliphatic hydroxyl groups is 1. The number of amides is 2. The van der Waals surface area contributed by atoms with E-state index in [1.54, 1.807) is 31.2 Å². The number of anilines is 1. The van der Waals surface area contributed by atoms with Crippen molar-refractivity contribution in [1.29, 1.82) is 0 Å². The number of hydrogen-bond donors (Lipinski definition) is 3. The van der Waals surface area contributed by atoms with Crippen LogP contribution in [-0.2, 0) is 15.2 Å². The third kappa shape index (κ3) is 4.70. The number of carbonyl (C=O) groups excluding carboxylic acids is 2. The van der Waals surface area contributed by atoms with Gasteiger partial charge in [0.15, 0.2) is 0 Å². The van der Waals surface area contributed by atoms with E-state index in [1.165, 1.54) is 6.92 Å². The van der Waals surface area contributed by atoms with Gasteiger partial charge < -0.3 is 20.2 Å². The summed E-state index contributed by atoms with van der Waals surface area (Å²) in [5.74, 6) is -0.398. The largest absolute Gasteiger partial charge is 0.463 e. The number of aryl methyl sites for hydroxylation is 1. The highest BCUT2D eigenvalue weighted by molar-refractivity contribution is 6.39. The number of rotatable bonds is 5. The third-order valence-corrected chi connectivity index (χ3v) is 3.90. The molecular formula is C19H24N2O4. The maximum absolute atomic E-state index is 12.1. The summed E-state index contributed by atoms with van der Waals surface area (Å²) in [6.45, 7) is 7.15. The summed E-state index contributed by atoms with van der Waals surface area (Å²) < 4.78 is 5.38. The van der Waals surface area contributed by atoms with E-state index in [0.717, 1.165) is 5.56 Å². The molecule has 0 saturated heterocycles. The van der Waals surface area contributed by atoms with Crippen LogP contribution >= 0.6 is 0 Å². The Labute approximate surface area is 147 Å². The minimum atomic E-state index is -1.40. The van der Waals surface area contributed by atoms with Crippen molar-refractivity contribution in [3.63, 3.8) is 0 Å². The fraction of sp³-hybridized carbons (Fsp3) is 0.368. The molecule has 1 heterocycles. The van der Waals surface area contributed by atoms with Crippen LogP contribution in [0, 0.1) is 6.92 Å². The maximum Gasteiger partial charge on any atom is 0.313 e. The second-order valence-corrected chi connectivity index (χ2v) is 6.56. The Morgan fingerprint density at radius 3 is 2.44 bits per heavy atom. The Hall–Kier alpha value is -2.60. The van der Waals surface area contributed by atoms with Crippen molar-refractivity contribution >= 4 is 17.5 Å². The van der Waals surface area contributed by atoms with Gasteiger partial charge in [-0.3, -0.25) is 9.59 Å². The van der Waals surface area contributed by atoms with E-state index in [1.807, 2.05) is 26.0 Å². The Balaban J connectivity index is 1.98. The fourth-order valence-corrected chi connectivity index (χ4v) is 2.44. The third-order valence-electron chi connectivity index (χ3n) is 3.90. The highest BCUT2D eigenvalue weighted by atomic mass is 16.4. The molecule has 0 aliphatic heterocycles. The maximum atomic E-state index is 12.1. The molecule has 0 bridgehead atoms. The molecule has 2 amide bonds. The van der Waals surface area contributed by atoms with Crippen LogP contribution in [0.5, 0.6) is 0 Å². The fourth-order valence-electron chi connectivity index (χ4n) is 2.44. The number of carbonyl (C=O) groups is 2. The van der Waals surface area contributed by atoms with Gasteiger partial charge in [-0.05, 0) is 43.5 Å². The Morgan fingerprint density at radius 2 is 1.84 bits per heavy atom. The van der Waals surface area contributed by atoms with Gasteiger partial charge in [0.2, 0.25) is 0 Å². The first-order valence-corrected chi connectivity index (χ1v) is 8.18. The minimum absolute atomic E-state index is 0.141. The van der Waals surface area contributed by atoms with Gasteiger partial charge in [-0.1, -0.05) is 32.0 Å². The van der Waals surface area contributed by atoms with Gasteiger partial charge >= 0.3 is 11.8 Å². The Kier molecular flexibility index (Phi) is 5.64. The Bertz CT molecular complexity index is 762. The van der Waals surface area contributed by atoms with Gasteiger partial charge in [-0.25, -0.2) is 0 Å². The van der Waals surface area contributed by atoms with Gasteiger partial charge in [0.05, 0.1) is 6.54 Å². The zero-order valence-corrected chi connectivity index (χ0v) is 14.9. The minimum Gasteiger partial charge on any atom is -0.463 e. The summed E-state index contributed by atoms with van der Waals surface area (Å²) in [4.78, 5) is 24.2. The van der Waals surface area contributed by atoms with Crippen LogP contribution < -0.4 is 10.6 Å². The number of nitrogens with one attached hydrogen (secondary N) is 2. The lowest BCUT2D eigenvalue weighted by Gasteiger charge is -2.21. The van der Waals surface area contributed by atoms with Gasteiger partial charge in [-0.2, -0.15) is 0 Å². The first-order valence-electron chi connectivity index (χ1n) is 8.18. The first-order chi connectivity index (χ1) is 11.7. The molecule has 2 aromatic rings. The molecule has 0 spiro atoms. The van der Waals surface area contributed by atoms with E-state index >= 15 is 0 Å². The number of furan rings is 1. The SMILES string of the molecule is Cc1ccc(C(C)(O)CNC(=O)C(=O)Nc2ccccc2C(C)C)o1. The van der Waals surface area contributed by atoms with E-state index in [2.05, 4.69) is 10.6 Å². The highest BCUT2D eigenvalue weighted by Crippen LogP contribution is 2.24. The molecule has 0 radical (unpaired) electrons. The number of hydrogen-bond acceptors (Lipinski definition) is 4. The van der Waals surface area contributed by atoms with Crippen molar-refractivity contribution in [2.24, 2.45) is 0 Å². The zero-order valence-electron chi connectivity index (χ0n) is 14.9. The molecule has 0 aliphatic carbocycles. The van der Waals surface area contributed by atoms with Crippen LogP contribution in [0.1, 0.15) is 43.8 Å². The van der Waals surface area contributed by atoms with Crippen LogP contribution in [-0.4, -0.2) is 23.5 Å². The molecule has 1 atom stereocenters. The summed E-state index contributed by atoms with van der Waals surface area (Å²) in [6.07, 6.45) is 0. The molecule has 6 nitrogen and oxygen atoms in total. The molecule has 0 fully saturated rings. The summed E-state index contributed by atoms with van der Waals surface area (Å²) >= 11 is 0. The molecule has 134 valence electrons. The van der Waals surface area contributed by atoms with Crippen molar-refractivity contribution in [3.05, 3.63) is 53.5 Å². The summed E-state index contributed by atoms with van der Waals surface area (Å²) in [6, 6.07) is 10.7. The average Bonchev–Trinajstić information content (AvgIpc) is 3.00. The molecule has 1 unspecified atom stereocenters. The van der Waals surface area contributed by atoms with Gasteiger partial charge in [0.25, 0.3) is 0 Å². The topological polar surface area (TPSA) is 91.6 Å². The van der Waals surface area contributed by atoms with E-state index in [4.69, 9.17) is 4.42 Å². The summed E-state index contributed by atoms with van der Waals surface area (Å²) in [5, 5.41) is 15.5. The van der Waals surface area contributed by atoms with Crippen molar-refractivity contribution < 1.29 is 19.1 Å². The van der Waals surface area contributed by atoms with Gasteiger partial charge in [0.1, 0.15) is 17.1 Å². The lowest BCUT2D eigenvalue weighted by atomic mass is 10.0. The first kappa shape index (κ1) is 18.7. The number of benzene rings is 1. The van der Waals surface area contributed by atoms with Crippen LogP contribution in [0.2, 0.25) is 0 Å². The smallest absolute Gasteiger partial charge is 0.313 e. The second kappa shape index (κ2) is 7.53. The molecular weight excluding hydrogens is 320 g/mol. The van der Waals surface area contributed by atoms with Gasteiger partial charge in [0, 0.05) is 5.69 Å². The van der Waals surface area contributed by atoms with E-state index in [9.17, 15) is 14.7 Å². The Morgan fingerprint density at radius 1 is 1.16 bits per heavy atom. The molecule has 2 rings (SSSR count). The molecule has 6 heteroatoms. The lowest BCUT2D eigenvalue weighted by molar-refractivity contribution is -0.136. The molecule has 1 aromatic heterocycles. The monoisotopic (exact) mass is 344 g/mol. The van der Waals surface area contributed by atoms with Crippen molar-refractivity contribution in [1.82, 2.24) is 5.32 Å². The number of para-hydroxylation sites is 1. The van der Waals surface area contributed by atoms with Crippen molar-refractivity contribution in [3.8, 4) is 0 Å². The normalized spacial score (nSPS) is 13.4. The quantitative estimate of drug-likeness (QED) is 0.727. The van der Waals surface area contributed by atoms with E-state index < -0.39 is 17.4 Å².